The maximum absolute atomic E-state index is 12.3. The van der Waals surface area contributed by atoms with Gasteiger partial charge in [-0.25, -0.2) is 4.79 Å². The quantitative estimate of drug-likeness (QED) is 0.720. The van der Waals surface area contributed by atoms with E-state index in [9.17, 15) is 14.4 Å². The van der Waals surface area contributed by atoms with E-state index < -0.39 is 17.5 Å². The molecule has 3 rings (SSSR count). The standard InChI is InChI=1S/C18H13NO5/c20-16(21)9-11-5-7-13(8-6-11)19-17(22)14-10-12-3-1-2-4-15(12)24-18(14)23/h1-8,10H,9H2,(H,19,22)(H,20,21). The average Bonchev–Trinajstić information content (AvgIpc) is 2.55. The largest absolute Gasteiger partial charge is 0.481 e. The summed E-state index contributed by atoms with van der Waals surface area (Å²) in [6, 6.07) is 14.8. The fourth-order valence-corrected chi connectivity index (χ4v) is 2.30. The number of fused-ring (bicyclic) bond motifs is 1. The van der Waals surface area contributed by atoms with Crippen LogP contribution in [-0.4, -0.2) is 17.0 Å². The van der Waals surface area contributed by atoms with Crippen LogP contribution in [0.3, 0.4) is 0 Å². The molecule has 2 aromatic carbocycles. The summed E-state index contributed by atoms with van der Waals surface area (Å²) in [5.41, 5.74) is 0.682. The Morgan fingerprint density at radius 1 is 1.04 bits per heavy atom. The van der Waals surface area contributed by atoms with Gasteiger partial charge in [0, 0.05) is 11.1 Å². The van der Waals surface area contributed by atoms with Gasteiger partial charge in [0.05, 0.1) is 6.42 Å². The number of amides is 1. The molecule has 0 unspecified atom stereocenters. The molecule has 0 saturated carbocycles. The van der Waals surface area contributed by atoms with E-state index in [0.717, 1.165) is 0 Å². The third-order valence-corrected chi connectivity index (χ3v) is 3.45. The molecule has 24 heavy (non-hydrogen) atoms. The maximum Gasteiger partial charge on any atom is 0.349 e. The highest BCUT2D eigenvalue weighted by Gasteiger charge is 2.14. The lowest BCUT2D eigenvalue weighted by Crippen LogP contribution is -2.20. The number of hydrogen-bond donors (Lipinski definition) is 2. The number of nitrogens with one attached hydrogen (secondary N) is 1. The summed E-state index contributed by atoms with van der Waals surface area (Å²) >= 11 is 0. The number of para-hydroxylation sites is 1. The van der Waals surface area contributed by atoms with E-state index in [1.165, 1.54) is 6.07 Å². The number of benzene rings is 2. The zero-order valence-electron chi connectivity index (χ0n) is 12.5. The van der Waals surface area contributed by atoms with Crippen LogP contribution >= 0.6 is 0 Å². The predicted molar refractivity (Wildman–Crippen MR) is 88.2 cm³/mol. The van der Waals surface area contributed by atoms with Gasteiger partial charge in [-0.05, 0) is 29.8 Å². The molecule has 0 spiro atoms. The first-order valence-corrected chi connectivity index (χ1v) is 7.18. The number of rotatable bonds is 4. The monoisotopic (exact) mass is 323 g/mol. The summed E-state index contributed by atoms with van der Waals surface area (Å²) in [4.78, 5) is 34.9. The molecule has 0 aliphatic carbocycles. The Labute approximate surface area is 136 Å². The third-order valence-electron chi connectivity index (χ3n) is 3.45. The molecule has 0 aliphatic rings. The van der Waals surface area contributed by atoms with Crippen LogP contribution in [0.25, 0.3) is 11.0 Å². The minimum Gasteiger partial charge on any atom is -0.481 e. The zero-order valence-corrected chi connectivity index (χ0v) is 12.5. The molecular weight excluding hydrogens is 310 g/mol. The third kappa shape index (κ3) is 3.33. The summed E-state index contributed by atoms with van der Waals surface area (Å²) in [5.74, 6) is -1.51. The Morgan fingerprint density at radius 3 is 2.46 bits per heavy atom. The second kappa shape index (κ2) is 6.37. The van der Waals surface area contributed by atoms with Gasteiger partial charge in [-0.15, -0.1) is 0 Å². The van der Waals surface area contributed by atoms with Crippen LogP contribution < -0.4 is 10.9 Å². The Balaban J connectivity index is 1.83. The highest BCUT2D eigenvalue weighted by atomic mass is 16.4. The Bertz CT molecular complexity index is 973. The molecule has 120 valence electrons. The van der Waals surface area contributed by atoms with Crippen molar-refractivity contribution >= 4 is 28.5 Å². The van der Waals surface area contributed by atoms with Gasteiger partial charge >= 0.3 is 11.6 Å². The van der Waals surface area contributed by atoms with Crippen molar-refractivity contribution in [3.05, 3.63) is 76.1 Å². The second-order valence-electron chi connectivity index (χ2n) is 5.21. The summed E-state index contributed by atoms with van der Waals surface area (Å²) in [7, 11) is 0. The zero-order chi connectivity index (χ0) is 17.1. The Kier molecular flexibility index (Phi) is 4.11. The first-order chi connectivity index (χ1) is 11.5. The molecular formula is C18H13NO5. The van der Waals surface area contributed by atoms with E-state index >= 15 is 0 Å². The lowest BCUT2D eigenvalue weighted by Gasteiger charge is -2.06. The van der Waals surface area contributed by atoms with Gasteiger partial charge in [0.1, 0.15) is 11.1 Å². The molecule has 0 radical (unpaired) electrons. The highest BCUT2D eigenvalue weighted by molar-refractivity contribution is 6.05. The van der Waals surface area contributed by atoms with Crippen LogP contribution in [0.4, 0.5) is 5.69 Å². The van der Waals surface area contributed by atoms with Crippen molar-refractivity contribution in [2.75, 3.05) is 5.32 Å². The Hall–Kier alpha value is -3.41. The first kappa shape index (κ1) is 15.5. The summed E-state index contributed by atoms with van der Waals surface area (Å²) in [6.45, 7) is 0. The molecule has 0 saturated heterocycles. The maximum atomic E-state index is 12.3. The Morgan fingerprint density at radius 2 is 1.75 bits per heavy atom. The van der Waals surface area contributed by atoms with E-state index in [1.807, 2.05) is 0 Å². The number of carbonyl (C=O) groups excluding carboxylic acids is 1. The second-order valence-corrected chi connectivity index (χ2v) is 5.21. The number of hydrogen-bond acceptors (Lipinski definition) is 4. The van der Waals surface area contributed by atoms with Crippen LogP contribution in [0.5, 0.6) is 0 Å². The van der Waals surface area contributed by atoms with Gasteiger partial charge < -0.3 is 14.8 Å². The number of carboxylic acid groups (broad SMARTS) is 1. The fraction of sp³-hybridized carbons (Fsp3) is 0.0556. The van der Waals surface area contributed by atoms with Gasteiger partial charge in [0.2, 0.25) is 0 Å². The van der Waals surface area contributed by atoms with Gasteiger partial charge in [-0.1, -0.05) is 30.3 Å². The molecule has 0 bridgehead atoms. The molecule has 0 atom stereocenters. The van der Waals surface area contributed by atoms with Crippen molar-refractivity contribution in [1.82, 2.24) is 0 Å². The van der Waals surface area contributed by atoms with Gasteiger partial charge in [0.25, 0.3) is 5.91 Å². The molecule has 1 aromatic heterocycles. The van der Waals surface area contributed by atoms with Crippen LogP contribution in [0.15, 0.2) is 63.8 Å². The van der Waals surface area contributed by atoms with E-state index in [4.69, 9.17) is 9.52 Å². The summed E-state index contributed by atoms with van der Waals surface area (Å²) < 4.78 is 5.13. The van der Waals surface area contributed by atoms with E-state index in [0.29, 0.717) is 22.2 Å². The van der Waals surface area contributed by atoms with Crippen molar-refractivity contribution in [1.29, 1.82) is 0 Å². The minimum atomic E-state index is -0.930. The van der Waals surface area contributed by atoms with Crippen LogP contribution in [0.2, 0.25) is 0 Å². The molecule has 6 heteroatoms. The van der Waals surface area contributed by atoms with Gasteiger partial charge in [-0.3, -0.25) is 9.59 Å². The first-order valence-electron chi connectivity index (χ1n) is 7.18. The minimum absolute atomic E-state index is 0.0942. The smallest absolute Gasteiger partial charge is 0.349 e. The molecule has 2 N–H and O–H groups in total. The molecule has 0 fully saturated rings. The van der Waals surface area contributed by atoms with Crippen molar-refractivity contribution in [3.63, 3.8) is 0 Å². The lowest BCUT2D eigenvalue weighted by atomic mass is 10.1. The average molecular weight is 323 g/mol. The number of carbonyl (C=O) groups is 2. The van der Waals surface area contributed by atoms with Gasteiger partial charge in [0.15, 0.2) is 0 Å². The fourth-order valence-electron chi connectivity index (χ4n) is 2.30. The topological polar surface area (TPSA) is 96.6 Å². The van der Waals surface area contributed by atoms with Crippen molar-refractivity contribution in [2.45, 2.75) is 6.42 Å². The van der Waals surface area contributed by atoms with Crippen molar-refractivity contribution in [2.24, 2.45) is 0 Å². The number of aliphatic carboxylic acids is 1. The molecule has 1 amide bonds. The SMILES string of the molecule is O=C(O)Cc1ccc(NC(=O)c2cc3ccccc3oc2=O)cc1. The molecule has 0 aliphatic heterocycles. The molecule has 6 nitrogen and oxygen atoms in total. The molecule has 3 aromatic rings. The van der Waals surface area contributed by atoms with Crippen LogP contribution in [0, 0.1) is 0 Å². The van der Waals surface area contributed by atoms with E-state index in [2.05, 4.69) is 5.32 Å². The van der Waals surface area contributed by atoms with E-state index in [-0.39, 0.29) is 12.0 Å². The van der Waals surface area contributed by atoms with Crippen LogP contribution in [-0.2, 0) is 11.2 Å². The van der Waals surface area contributed by atoms with Crippen LogP contribution in [0.1, 0.15) is 15.9 Å². The van der Waals surface area contributed by atoms with Crippen molar-refractivity contribution in [3.8, 4) is 0 Å². The number of anilines is 1. The normalized spacial score (nSPS) is 10.5. The predicted octanol–water partition coefficient (Wildman–Crippen LogP) is 2.67. The summed E-state index contributed by atoms with van der Waals surface area (Å²) in [6.07, 6.45) is -0.0948. The lowest BCUT2D eigenvalue weighted by molar-refractivity contribution is -0.136. The molecule has 1 heterocycles. The van der Waals surface area contributed by atoms with Crippen molar-refractivity contribution < 1.29 is 19.1 Å². The van der Waals surface area contributed by atoms with Gasteiger partial charge in [-0.2, -0.15) is 0 Å². The summed E-state index contributed by atoms with van der Waals surface area (Å²) in [5, 5.41) is 12.0. The highest BCUT2D eigenvalue weighted by Crippen LogP contribution is 2.15. The van der Waals surface area contributed by atoms with E-state index in [1.54, 1.807) is 48.5 Å². The number of carboxylic acids is 1.